The van der Waals surface area contributed by atoms with Gasteiger partial charge in [0.2, 0.25) is 0 Å². The normalized spacial score (nSPS) is 23.2. The van der Waals surface area contributed by atoms with Crippen molar-refractivity contribution in [3.8, 4) is 0 Å². The molecule has 2 unspecified atom stereocenters. The molecule has 1 saturated carbocycles. The summed E-state index contributed by atoms with van der Waals surface area (Å²) >= 11 is 0. The van der Waals surface area contributed by atoms with Gasteiger partial charge in [-0.05, 0) is 25.8 Å². The van der Waals surface area contributed by atoms with Crippen molar-refractivity contribution in [2.75, 3.05) is 6.54 Å². The van der Waals surface area contributed by atoms with Gasteiger partial charge in [0.1, 0.15) is 17.7 Å². The summed E-state index contributed by atoms with van der Waals surface area (Å²) in [6.07, 6.45) is -3.73. The van der Waals surface area contributed by atoms with Gasteiger partial charge in [-0.3, -0.25) is 0 Å². The minimum atomic E-state index is -4.46. The van der Waals surface area contributed by atoms with Crippen molar-refractivity contribution < 1.29 is 17.6 Å². The Morgan fingerprint density at radius 3 is 2.58 bits per heavy atom. The fraction of sp³-hybridized carbons (Fsp3) is 0.667. The molecule has 106 valence electrons. The fourth-order valence-electron chi connectivity index (χ4n) is 1.95. The summed E-state index contributed by atoms with van der Waals surface area (Å²) in [5, 5.41) is 2.96. The van der Waals surface area contributed by atoms with E-state index in [-0.39, 0.29) is 24.0 Å². The number of aromatic nitrogens is 2. The van der Waals surface area contributed by atoms with Crippen molar-refractivity contribution in [2.24, 2.45) is 0 Å². The molecule has 0 radical (unpaired) electrons. The minimum absolute atomic E-state index is 0.134. The van der Waals surface area contributed by atoms with E-state index in [4.69, 9.17) is 0 Å². The summed E-state index contributed by atoms with van der Waals surface area (Å²) in [4.78, 5) is 7.46. The zero-order valence-electron chi connectivity index (χ0n) is 10.5. The van der Waals surface area contributed by atoms with E-state index in [1.54, 1.807) is 0 Å². The molecule has 0 amide bonds. The Hall–Kier alpha value is -1.24. The molecular weight excluding hydrogens is 262 g/mol. The molecule has 2 atom stereocenters. The predicted molar refractivity (Wildman–Crippen MR) is 61.4 cm³/mol. The van der Waals surface area contributed by atoms with Crippen LogP contribution in [0.2, 0.25) is 0 Å². The molecule has 19 heavy (non-hydrogen) atoms. The molecule has 7 heteroatoms. The number of hydrogen-bond acceptors (Lipinski definition) is 3. The van der Waals surface area contributed by atoms with Gasteiger partial charge in [0.05, 0.1) is 0 Å². The van der Waals surface area contributed by atoms with Crippen molar-refractivity contribution in [3.05, 3.63) is 23.3 Å². The van der Waals surface area contributed by atoms with Gasteiger partial charge < -0.3 is 5.32 Å². The van der Waals surface area contributed by atoms with Crippen LogP contribution in [0.15, 0.2) is 6.07 Å². The Morgan fingerprint density at radius 2 is 2.05 bits per heavy atom. The van der Waals surface area contributed by atoms with Crippen LogP contribution in [0.1, 0.15) is 30.1 Å². The van der Waals surface area contributed by atoms with Crippen LogP contribution in [0.3, 0.4) is 0 Å². The Bertz CT molecular complexity index is 447. The van der Waals surface area contributed by atoms with Crippen LogP contribution < -0.4 is 5.32 Å². The largest absolute Gasteiger partial charge is 0.433 e. The predicted octanol–water partition coefficient (Wildman–Crippen LogP) is 2.44. The molecule has 0 aromatic carbocycles. The zero-order valence-corrected chi connectivity index (χ0v) is 10.5. The third kappa shape index (κ3) is 3.62. The van der Waals surface area contributed by atoms with E-state index in [9.17, 15) is 17.6 Å². The number of alkyl halides is 4. The van der Waals surface area contributed by atoms with E-state index in [2.05, 4.69) is 15.3 Å². The van der Waals surface area contributed by atoms with E-state index in [0.717, 1.165) is 12.5 Å². The highest BCUT2D eigenvalue weighted by atomic mass is 19.4. The number of aryl methyl sites for hydroxylation is 1. The van der Waals surface area contributed by atoms with Crippen LogP contribution in [-0.4, -0.2) is 28.7 Å². The zero-order chi connectivity index (χ0) is 14.0. The second-order valence-corrected chi connectivity index (χ2v) is 4.71. The fourth-order valence-corrected chi connectivity index (χ4v) is 1.95. The first-order valence-corrected chi connectivity index (χ1v) is 6.15. The lowest BCUT2D eigenvalue weighted by molar-refractivity contribution is -0.141. The summed E-state index contributed by atoms with van der Waals surface area (Å²) in [7, 11) is 0. The van der Waals surface area contributed by atoms with Crippen LogP contribution in [0.25, 0.3) is 0 Å². The monoisotopic (exact) mass is 277 g/mol. The Kier molecular flexibility index (Phi) is 4.03. The van der Waals surface area contributed by atoms with Gasteiger partial charge in [0, 0.05) is 24.7 Å². The molecule has 3 nitrogen and oxygen atoms in total. The average molecular weight is 277 g/mol. The molecular formula is C12H15F4N3. The van der Waals surface area contributed by atoms with Gasteiger partial charge >= 0.3 is 6.18 Å². The maximum absolute atomic E-state index is 12.9. The number of halogens is 4. The van der Waals surface area contributed by atoms with E-state index < -0.39 is 18.0 Å². The van der Waals surface area contributed by atoms with Crippen molar-refractivity contribution in [2.45, 2.75) is 44.6 Å². The highest BCUT2D eigenvalue weighted by molar-refractivity contribution is 5.13. The topological polar surface area (TPSA) is 37.8 Å². The highest BCUT2D eigenvalue weighted by Crippen LogP contribution is 2.27. The molecule has 1 heterocycles. The third-order valence-corrected chi connectivity index (χ3v) is 3.14. The summed E-state index contributed by atoms with van der Waals surface area (Å²) in [6, 6.07) is 0.743. The maximum atomic E-state index is 12.9. The van der Waals surface area contributed by atoms with Crippen LogP contribution in [0.5, 0.6) is 0 Å². The van der Waals surface area contributed by atoms with E-state index in [1.807, 2.05) is 0 Å². The lowest BCUT2D eigenvalue weighted by atomic mass is 9.90. The highest BCUT2D eigenvalue weighted by Gasteiger charge is 2.33. The Morgan fingerprint density at radius 1 is 1.32 bits per heavy atom. The first kappa shape index (κ1) is 14.2. The number of hydrogen-bond donors (Lipinski definition) is 1. The maximum Gasteiger partial charge on any atom is 0.433 e. The van der Waals surface area contributed by atoms with E-state index in [1.165, 1.54) is 6.92 Å². The summed E-state index contributed by atoms with van der Waals surface area (Å²) < 4.78 is 50.6. The first-order valence-electron chi connectivity index (χ1n) is 6.15. The van der Waals surface area contributed by atoms with Crippen LogP contribution >= 0.6 is 0 Å². The van der Waals surface area contributed by atoms with Crippen molar-refractivity contribution >= 4 is 0 Å². The molecule has 1 aliphatic rings. The molecule has 1 aromatic rings. The second-order valence-electron chi connectivity index (χ2n) is 4.71. The molecule has 0 bridgehead atoms. The molecule has 0 saturated heterocycles. The Balaban J connectivity index is 1.94. The molecule has 1 fully saturated rings. The van der Waals surface area contributed by atoms with Crippen molar-refractivity contribution in [3.63, 3.8) is 0 Å². The van der Waals surface area contributed by atoms with Crippen molar-refractivity contribution in [1.82, 2.24) is 15.3 Å². The second kappa shape index (κ2) is 5.40. The Labute approximate surface area is 108 Å². The van der Waals surface area contributed by atoms with Crippen LogP contribution in [0, 0.1) is 6.92 Å². The minimum Gasteiger partial charge on any atom is -0.311 e. The van der Waals surface area contributed by atoms with Crippen LogP contribution in [0.4, 0.5) is 17.6 Å². The quantitative estimate of drug-likeness (QED) is 0.859. The van der Waals surface area contributed by atoms with Gasteiger partial charge in [-0.25, -0.2) is 14.4 Å². The van der Waals surface area contributed by atoms with Crippen LogP contribution in [-0.2, 0) is 12.6 Å². The lowest BCUT2D eigenvalue weighted by Crippen LogP contribution is -2.46. The molecule has 2 rings (SSSR count). The van der Waals surface area contributed by atoms with Crippen molar-refractivity contribution in [1.29, 1.82) is 0 Å². The van der Waals surface area contributed by atoms with Gasteiger partial charge in [-0.2, -0.15) is 13.2 Å². The van der Waals surface area contributed by atoms with E-state index >= 15 is 0 Å². The third-order valence-electron chi connectivity index (χ3n) is 3.14. The summed E-state index contributed by atoms with van der Waals surface area (Å²) in [5.74, 6) is 0.134. The van der Waals surface area contributed by atoms with Gasteiger partial charge in [-0.1, -0.05) is 0 Å². The van der Waals surface area contributed by atoms with Gasteiger partial charge in [0.15, 0.2) is 0 Å². The number of nitrogens with zero attached hydrogens (tertiary/aromatic N) is 2. The number of nitrogens with one attached hydrogen (secondary N) is 1. The molecule has 0 aliphatic heterocycles. The standard InChI is InChI=1S/C12H15F4N3/c1-7-6-10(12(14,15)16)19-11(18-7)4-5-17-9-3-2-8(9)13/h6,8-9,17H,2-5H2,1H3. The summed E-state index contributed by atoms with van der Waals surface area (Å²) in [6.45, 7) is 1.88. The average Bonchev–Trinajstić information content (AvgIpc) is 2.31. The molecule has 0 spiro atoms. The molecule has 1 aliphatic carbocycles. The van der Waals surface area contributed by atoms with Gasteiger partial charge in [0.25, 0.3) is 0 Å². The van der Waals surface area contributed by atoms with Gasteiger partial charge in [-0.15, -0.1) is 0 Å². The smallest absolute Gasteiger partial charge is 0.311 e. The first-order chi connectivity index (χ1) is 8.86. The number of rotatable bonds is 4. The summed E-state index contributed by atoms with van der Waals surface area (Å²) in [5.41, 5.74) is -0.647. The molecule has 1 N–H and O–H groups in total. The van der Waals surface area contributed by atoms with E-state index in [0.29, 0.717) is 13.0 Å². The lowest BCUT2D eigenvalue weighted by Gasteiger charge is -2.31. The molecule has 1 aromatic heterocycles. The SMILES string of the molecule is Cc1cc(C(F)(F)F)nc(CCNC2CCC2F)n1.